The summed E-state index contributed by atoms with van der Waals surface area (Å²) in [6.45, 7) is 3.01. The van der Waals surface area contributed by atoms with Crippen molar-refractivity contribution in [2.24, 2.45) is 0 Å². The summed E-state index contributed by atoms with van der Waals surface area (Å²) in [6.07, 6.45) is 0.963. The van der Waals surface area contributed by atoms with Gasteiger partial charge in [-0.1, -0.05) is 19.1 Å². The van der Waals surface area contributed by atoms with Crippen molar-refractivity contribution < 1.29 is 13.2 Å². The molecule has 1 aromatic rings. The van der Waals surface area contributed by atoms with E-state index in [1.807, 2.05) is 31.2 Å². The van der Waals surface area contributed by atoms with Crippen molar-refractivity contribution in [1.29, 1.82) is 0 Å². The highest BCUT2D eigenvalue weighted by Crippen LogP contribution is 2.12. The predicted octanol–water partition coefficient (Wildman–Crippen LogP) is 1.37. The Morgan fingerprint density at radius 2 is 1.83 bits per heavy atom. The SMILES string of the molecule is CCCOc1ccc(CNS(=O)(=O)N(C)C)cc1. The molecule has 0 aliphatic heterocycles. The fourth-order valence-electron chi connectivity index (χ4n) is 1.23. The van der Waals surface area contributed by atoms with Gasteiger partial charge in [0.15, 0.2) is 0 Å². The highest BCUT2D eigenvalue weighted by Gasteiger charge is 2.11. The van der Waals surface area contributed by atoms with Crippen LogP contribution in [0.3, 0.4) is 0 Å². The molecule has 1 N–H and O–H groups in total. The van der Waals surface area contributed by atoms with Gasteiger partial charge in [-0.2, -0.15) is 17.4 Å². The van der Waals surface area contributed by atoms with E-state index in [9.17, 15) is 8.42 Å². The smallest absolute Gasteiger partial charge is 0.279 e. The highest BCUT2D eigenvalue weighted by molar-refractivity contribution is 7.87. The van der Waals surface area contributed by atoms with Gasteiger partial charge in [-0.15, -0.1) is 0 Å². The van der Waals surface area contributed by atoms with Crippen LogP contribution in [0.25, 0.3) is 0 Å². The van der Waals surface area contributed by atoms with E-state index in [1.54, 1.807) is 0 Å². The molecule has 1 rings (SSSR count). The lowest BCUT2D eigenvalue weighted by atomic mass is 10.2. The first-order chi connectivity index (χ1) is 8.45. The summed E-state index contributed by atoms with van der Waals surface area (Å²) in [5.74, 6) is 0.802. The summed E-state index contributed by atoms with van der Waals surface area (Å²) in [7, 11) is -0.388. The molecule has 0 saturated carbocycles. The Kier molecular flexibility index (Phi) is 5.58. The van der Waals surface area contributed by atoms with Crippen LogP contribution in [0.1, 0.15) is 18.9 Å². The van der Waals surface area contributed by atoms with Crippen LogP contribution in [-0.2, 0) is 16.8 Å². The first kappa shape index (κ1) is 14.9. The Morgan fingerprint density at radius 3 is 2.33 bits per heavy atom. The molecule has 0 aliphatic carbocycles. The van der Waals surface area contributed by atoms with Gasteiger partial charge in [0, 0.05) is 20.6 Å². The van der Waals surface area contributed by atoms with Gasteiger partial charge in [-0.05, 0) is 24.1 Å². The van der Waals surface area contributed by atoms with Crippen LogP contribution in [-0.4, -0.2) is 33.4 Å². The number of rotatable bonds is 7. The van der Waals surface area contributed by atoms with Gasteiger partial charge in [0.05, 0.1) is 6.61 Å². The Morgan fingerprint density at radius 1 is 1.22 bits per heavy atom. The molecule has 1 aromatic carbocycles. The summed E-state index contributed by atoms with van der Waals surface area (Å²) in [5, 5.41) is 0. The van der Waals surface area contributed by atoms with Crippen molar-refractivity contribution in [3.63, 3.8) is 0 Å². The lowest BCUT2D eigenvalue weighted by Crippen LogP contribution is -2.35. The predicted molar refractivity (Wildman–Crippen MR) is 71.7 cm³/mol. The lowest BCUT2D eigenvalue weighted by Gasteiger charge is -2.12. The molecule has 5 nitrogen and oxygen atoms in total. The van der Waals surface area contributed by atoms with Gasteiger partial charge < -0.3 is 4.74 Å². The maximum absolute atomic E-state index is 11.5. The van der Waals surface area contributed by atoms with Crippen molar-refractivity contribution in [3.8, 4) is 5.75 Å². The summed E-state index contributed by atoms with van der Waals surface area (Å²) in [5.41, 5.74) is 0.893. The molecule has 0 atom stereocenters. The number of hydrogen-bond donors (Lipinski definition) is 1. The molecule has 102 valence electrons. The zero-order valence-electron chi connectivity index (χ0n) is 11.0. The Balaban J connectivity index is 2.54. The number of nitrogens with one attached hydrogen (secondary N) is 1. The zero-order chi connectivity index (χ0) is 13.6. The van der Waals surface area contributed by atoms with Crippen molar-refractivity contribution in [1.82, 2.24) is 9.03 Å². The summed E-state index contributed by atoms with van der Waals surface area (Å²) >= 11 is 0. The fraction of sp³-hybridized carbons (Fsp3) is 0.500. The van der Waals surface area contributed by atoms with Crippen LogP contribution in [0.2, 0.25) is 0 Å². The molecule has 0 spiro atoms. The van der Waals surface area contributed by atoms with Crippen LogP contribution in [0.15, 0.2) is 24.3 Å². The quantitative estimate of drug-likeness (QED) is 0.815. The first-order valence-electron chi connectivity index (χ1n) is 5.84. The molecule has 0 unspecified atom stereocenters. The van der Waals surface area contributed by atoms with E-state index in [2.05, 4.69) is 4.72 Å². The van der Waals surface area contributed by atoms with Gasteiger partial charge in [0.25, 0.3) is 10.2 Å². The van der Waals surface area contributed by atoms with Crippen molar-refractivity contribution in [2.75, 3.05) is 20.7 Å². The molecule has 0 radical (unpaired) electrons. The van der Waals surface area contributed by atoms with E-state index in [1.165, 1.54) is 14.1 Å². The molecular weight excluding hydrogens is 252 g/mol. The third-order valence-corrected chi connectivity index (χ3v) is 3.81. The zero-order valence-corrected chi connectivity index (χ0v) is 11.8. The number of benzene rings is 1. The van der Waals surface area contributed by atoms with Gasteiger partial charge >= 0.3 is 0 Å². The van der Waals surface area contributed by atoms with Gasteiger partial charge in [-0.3, -0.25) is 0 Å². The third kappa shape index (κ3) is 4.64. The van der Waals surface area contributed by atoms with Crippen LogP contribution in [0, 0.1) is 0 Å². The van der Waals surface area contributed by atoms with Crippen molar-refractivity contribution >= 4 is 10.2 Å². The Hall–Kier alpha value is -1.11. The van der Waals surface area contributed by atoms with Gasteiger partial charge in [0.2, 0.25) is 0 Å². The fourth-order valence-corrected chi connectivity index (χ4v) is 1.83. The molecule has 0 fully saturated rings. The second kappa shape index (κ2) is 6.72. The topological polar surface area (TPSA) is 58.6 Å². The van der Waals surface area contributed by atoms with E-state index in [-0.39, 0.29) is 6.54 Å². The normalized spacial score (nSPS) is 11.8. The summed E-state index contributed by atoms with van der Waals surface area (Å²) in [4.78, 5) is 0. The Labute approximate surface area is 109 Å². The number of ether oxygens (including phenoxy) is 1. The average Bonchev–Trinajstić information content (AvgIpc) is 2.35. The van der Waals surface area contributed by atoms with Crippen LogP contribution >= 0.6 is 0 Å². The summed E-state index contributed by atoms with van der Waals surface area (Å²) in [6, 6.07) is 7.39. The minimum absolute atomic E-state index is 0.272. The molecule has 0 aromatic heterocycles. The second-order valence-electron chi connectivity index (χ2n) is 4.10. The van der Waals surface area contributed by atoms with Crippen LogP contribution < -0.4 is 9.46 Å². The average molecular weight is 272 g/mol. The van der Waals surface area contributed by atoms with E-state index in [4.69, 9.17) is 4.74 Å². The third-order valence-electron chi connectivity index (χ3n) is 2.34. The number of hydrogen-bond acceptors (Lipinski definition) is 3. The van der Waals surface area contributed by atoms with Crippen molar-refractivity contribution in [2.45, 2.75) is 19.9 Å². The molecular formula is C12H20N2O3S. The van der Waals surface area contributed by atoms with Crippen LogP contribution in [0.4, 0.5) is 0 Å². The monoisotopic (exact) mass is 272 g/mol. The molecule has 18 heavy (non-hydrogen) atoms. The first-order valence-corrected chi connectivity index (χ1v) is 7.28. The molecule has 0 amide bonds. The van der Waals surface area contributed by atoms with E-state index >= 15 is 0 Å². The van der Waals surface area contributed by atoms with E-state index < -0.39 is 10.2 Å². The minimum Gasteiger partial charge on any atom is -0.494 e. The molecule has 0 aliphatic rings. The largest absolute Gasteiger partial charge is 0.494 e. The van der Waals surface area contributed by atoms with Gasteiger partial charge in [-0.25, -0.2) is 0 Å². The van der Waals surface area contributed by atoms with E-state index in [0.29, 0.717) is 6.61 Å². The van der Waals surface area contributed by atoms with Gasteiger partial charge in [0.1, 0.15) is 5.75 Å². The van der Waals surface area contributed by atoms with Crippen LogP contribution in [0.5, 0.6) is 5.75 Å². The second-order valence-corrected chi connectivity index (χ2v) is 6.07. The maximum Gasteiger partial charge on any atom is 0.279 e. The lowest BCUT2D eigenvalue weighted by molar-refractivity contribution is 0.317. The summed E-state index contributed by atoms with van der Waals surface area (Å²) < 4.78 is 32.1. The highest BCUT2D eigenvalue weighted by atomic mass is 32.2. The van der Waals surface area contributed by atoms with Crippen molar-refractivity contribution in [3.05, 3.63) is 29.8 Å². The minimum atomic E-state index is -3.37. The molecule has 6 heteroatoms. The number of nitrogens with zero attached hydrogens (tertiary/aromatic N) is 1. The van der Waals surface area contributed by atoms with E-state index in [0.717, 1.165) is 22.0 Å². The molecule has 0 bridgehead atoms. The standard InChI is InChI=1S/C12H20N2O3S/c1-4-9-17-12-7-5-11(6-8-12)10-13-18(15,16)14(2)3/h5-8,13H,4,9-10H2,1-3H3. The maximum atomic E-state index is 11.5. The Bertz CT molecular complexity index is 455. The molecule has 0 saturated heterocycles. The molecule has 0 heterocycles.